The van der Waals surface area contributed by atoms with E-state index in [4.69, 9.17) is 9.84 Å². The van der Waals surface area contributed by atoms with E-state index in [1.807, 2.05) is 57.2 Å². The Kier molecular flexibility index (Phi) is 8.65. The van der Waals surface area contributed by atoms with Gasteiger partial charge in [-0.1, -0.05) is 48.5 Å². The number of benzene rings is 2. The van der Waals surface area contributed by atoms with Crippen molar-refractivity contribution in [3.63, 3.8) is 0 Å². The van der Waals surface area contributed by atoms with E-state index in [-0.39, 0.29) is 36.7 Å². The van der Waals surface area contributed by atoms with E-state index in [1.165, 1.54) is 11.1 Å². The molecule has 226 valence electrons. The Bertz CT molecular complexity index is 1290. The average molecular weight is 810 g/mol. The number of carboxylic acids is 1. The monoisotopic (exact) mass is 809 g/mol. The van der Waals surface area contributed by atoms with Crippen LogP contribution >= 0.6 is 0 Å². The second-order valence-corrected chi connectivity index (χ2v) is 11.5. The number of amides is 3. The van der Waals surface area contributed by atoms with Crippen molar-refractivity contribution >= 4 is 30.1 Å². The molecule has 1 heterocycles. The van der Waals surface area contributed by atoms with Gasteiger partial charge in [-0.3, -0.25) is 0 Å². The summed E-state index contributed by atoms with van der Waals surface area (Å²) in [4.78, 5) is 52.6. The predicted molar refractivity (Wildman–Crippen MR) is 149 cm³/mol. The topological polar surface area (TPSA) is 137 Å². The fraction of sp³-hybridized carbons (Fsp3) is 0.433. The normalized spacial score (nSPS) is 19.5. The number of carbonyl (C=O) groups excluding carboxylic acids is 3. The molecule has 4 atom stereocenters. The van der Waals surface area contributed by atoms with Gasteiger partial charge in [0.2, 0.25) is 0 Å². The van der Waals surface area contributed by atoms with Gasteiger partial charge in [0.05, 0.1) is 0 Å². The SMILES string of the molecule is CC(C)[C@H](NC(=O)OCC1c2ccccc2-c2ccccc21)C(=O)N1C[C@H](C)C[C@H]1C(=O)N[C@H](/C=[N]/[Lr])CC(=O)O. The summed E-state index contributed by atoms with van der Waals surface area (Å²) in [5, 5.41) is 18.4. The van der Waals surface area contributed by atoms with Crippen LogP contribution in [0.3, 0.4) is 0 Å². The van der Waals surface area contributed by atoms with E-state index in [2.05, 4.69) is 28.2 Å². The number of carboxylic acid groups (broad SMARTS) is 1. The van der Waals surface area contributed by atoms with Crippen molar-refractivity contribution in [1.29, 1.82) is 0 Å². The molecule has 10 nitrogen and oxygen atoms in total. The number of nitrogens with zero attached hydrogens (tertiary/aromatic N) is 2. The van der Waals surface area contributed by atoms with Crippen LogP contribution in [0.15, 0.2) is 53.9 Å². The molecular weight excluding hydrogens is 774 g/mol. The molecule has 2 aromatic rings. The minimum absolute atomic E-state index is 0.0479. The molecular formula is C30H35LrN4O6. The number of rotatable bonds is 10. The summed E-state index contributed by atoms with van der Waals surface area (Å²) in [6.07, 6.45) is 0.732. The number of nitrogens with one attached hydrogen (secondary N) is 2. The van der Waals surface area contributed by atoms with E-state index in [9.17, 15) is 19.2 Å². The average Bonchev–Trinajstić information content (AvgIpc) is 3.48. The predicted octanol–water partition coefficient (Wildman–Crippen LogP) is 3.28. The van der Waals surface area contributed by atoms with Crippen LogP contribution < -0.4 is 10.6 Å². The first-order valence-electron chi connectivity index (χ1n) is 13.6. The van der Waals surface area contributed by atoms with Gasteiger partial charge in [-0.25, -0.2) is 0 Å². The molecule has 0 spiro atoms. The minimum atomic E-state index is -1.08. The van der Waals surface area contributed by atoms with Crippen molar-refractivity contribution in [2.45, 2.75) is 57.7 Å². The van der Waals surface area contributed by atoms with Crippen LogP contribution in [-0.4, -0.2) is 71.4 Å². The quantitative estimate of drug-likeness (QED) is 0.316. The van der Waals surface area contributed by atoms with Gasteiger partial charge in [0.15, 0.2) is 0 Å². The molecule has 2 aliphatic rings. The third kappa shape index (κ3) is 6.34. The molecule has 0 bridgehead atoms. The molecule has 4 rings (SSSR count). The molecule has 0 saturated carbocycles. The van der Waals surface area contributed by atoms with E-state index in [0.717, 1.165) is 22.3 Å². The number of fused-ring (bicyclic) bond motifs is 3. The van der Waals surface area contributed by atoms with Crippen LogP contribution in [0.1, 0.15) is 50.7 Å². The Morgan fingerprint density at radius 2 is 1.68 bits per heavy atom. The Morgan fingerprint density at radius 3 is 2.24 bits per heavy atom. The van der Waals surface area contributed by atoms with Crippen molar-refractivity contribution in [1.82, 2.24) is 15.5 Å². The van der Waals surface area contributed by atoms with Crippen LogP contribution in [0.4, 0.5) is 4.79 Å². The van der Waals surface area contributed by atoms with Gasteiger partial charge in [-0.15, -0.1) is 0 Å². The Hall–Kier alpha value is -5.21. The van der Waals surface area contributed by atoms with Gasteiger partial charge in [-0.2, -0.15) is 0 Å². The van der Waals surface area contributed by atoms with Gasteiger partial charge in [0, 0.05) is 5.92 Å². The summed E-state index contributed by atoms with van der Waals surface area (Å²) in [6.45, 7) is 6.04. The van der Waals surface area contributed by atoms with E-state index in [0.29, 0.717) is 13.0 Å². The third-order valence-corrected chi connectivity index (χ3v) is 7.91. The first kappa shape index (κ1) is 28.8. The summed E-state index contributed by atoms with van der Waals surface area (Å²) in [5.74, 6) is -2.25. The molecule has 11 heteroatoms. The molecule has 3 N–H and O–H groups in total. The molecule has 0 unspecified atom stereocenters. The van der Waals surface area contributed by atoms with Crippen LogP contribution in [0.2, 0.25) is 0 Å². The standard InChI is InChI=1S/C30H35N4O6.Lr/c1-17(2)27(29(38)34-15-18(3)12-25(34)28(37)32-19(14-31)13-26(35)36)33-30(39)40-16-24-22-10-6-4-8-20(22)21-9-5-7-11-23(21)24;/h4-11,14,17-19,24-25,27H,12-13,15-16H2,1-3H3,(H,32,37)(H,33,39)(H,35,36);/q-1;+1/t18-,19+,25+,27+;/m1./s1. The van der Waals surface area contributed by atoms with Gasteiger partial charge in [0.1, 0.15) is 6.61 Å². The maximum atomic E-state index is 13.7. The number of likely N-dealkylation sites (tertiary alicyclic amines) is 1. The van der Waals surface area contributed by atoms with Crippen LogP contribution in [-0.2, 0) is 19.1 Å². The number of hydrogen-bond acceptors (Lipinski definition) is 6. The zero-order valence-corrected chi connectivity index (χ0v) is 25.3. The number of ether oxygens (including phenoxy) is 1. The van der Waals surface area contributed by atoms with Crippen molar-refractivity contribution in [2.75, 3.05) is 13.2 Å². The summed E-state index contributed by atoms with van der Waals surface area (Å²) in [5.41, 5.74) is 4.42. The summed E-state index contributed by atoms with van der Waals surface area (Å²) < 4.78 is 7.58. The Labute approximate surface area is 233 Å². The van der Waals surface area contributed by atoms with Crippen molar-refractivity contribution in [2.24, 2.45) is 17.2 Å². The fourth-order valence-corrected chi connectivity index (χ4v) is 6.04. The Morgan fingerprint density at radius 1 is 1.07 bits per heavy atom. The molecule has 0 radical (unpaired) electrons. The van der Waals surface area contributed by atoms with E-state index in [1.54, 1.807) is 0 Å². The molecule has 1 saturated heterocycles. The van der Waals surface area contributed by atoms with Crippen LogP contribution in [0.5, 0.6) is 0 Å². The number of hydrogen-bond donors (Lipinski definition) is 3. The zero-order valence-electron chi connectivity index (χ0n) is 23.1. The molecule has 3 amide bonds. The molecule has 1 fully saturated rings. The van der Waals surface area contributed by atoms with Gasteiger partial charge in [-0.05, 0) is 22.3 Å². The summed E-state index contributed by atoms with van der Waals surface area (Å²) >= 11 is 0. The molecule has 0 aromatic heterocycles. The molecule has 1 aliphatic carbocycles. The summed E-state index contributed by atoms with van der Waals surface area (Å²) in [7, 11) is 0. The summed E-state index contributed by atoms with van der Waals surface area (Å²) in [6, 6.07) is 13.6. The van der Waals surface area contributed by atoms with E-state index >= 15 is 0 Å². The number of aliphatic carboxylic acids is 1. The van der Waals surface area contributed by atoms with E-state index < -0.39 is 36.1 Å². The molecule has 2 aromatic carbocycles. The Balaban J connectivity index is 1.43. The number of carbonyl (C=O) groups is 4. The number of alkyl carbamates (subject to hydrolysis) is 1. The maximum absolute atomic E-state index is 13.7. The van der Waals surface area contributed by atoms with Crippen molar-refractivity contribution in [3.05, 3.63) is 59.7 Å². The molecule has 41 heavy (non-hydrogen) atoms. The van der Waals surface area contributed by atoms with Crippen LogP contribution in [0.25, 0.3) is 11.1 Å². The molecule has 1 aliphatic heterocycles. The zero-order chi connectivity index (χ0) is 29.7. The van der Waals surface area contributed by atoms with Gasteiger partial charge in [0.25, 0.3) is 0 Å². The van der Waals surface area contributed by atoms with Crippen molar-refractivity contribution < 1.29 is 29.0 Å². The van der Waals surface area contributed by atoms with Crippen molar-refractivity contribution in [3.8, 4) is 11.1 Å². The third-order valence-electron chi connectivity index (χ3n) is 7.59. The first-order chi connectivity index (χ1) is 19.6. The first-order valence-corrected chi connectivity index (χ1v) is 14.6. The fourth-order valence-electron chi connectivity index (χ4n) is 5.65. The second kappa shape index (κ2) is 12.3. The van der Waals surface area contributed by atoms with Gasteiger partial charge < -0.3 is 0 Å². The second-order valence-electron chi connectivity index (χ2n) is 11.0. The van der Waals surface area contributed by atoms with Crippen LogP contribution in [0, 0.1) is 11.8 Å². The van der Waals surface area contributed by atoms with Gasteiger partial charge >= 0.3 is 150 Å².